The van der Waals surface area contributed by atoms with Crippen LogP contribution in [0, 0.1) is 56.7 Å². The zero-order valence-electron chi connectivity index (χ0n) is 22.7. The van der Waals surface area contributed by atoms with Crippen LogP contribution in [0.25, 0.3) is 0 Å². The van der Waals surface area contributed by atoms with Crippen molar-refractivity contribution in [3.63, 3.8) is 0 Å². The minimum absolute atomic E-state index is 0.00815. The van der Waals surface area contributed by atoms with Crippen LogP contribution in [0.1, 0.15) is 92.9 Å². The van der Waals surface area contributed by atoms with Crippen LogP contribution in [0.5, 0.6) is 0 Å². The third kappa shape index (κ3) is 2.95. The molecule has 0 unspecified atom stereocenters. The van der Waals surface area contributed by atoms with Crippen molar-refractivity contribution >= 4 is 5.97 Å². The summed E-state index contributed by atoms with van der Waals surface area (Å²) in [5.74, 6) is 0.828. The Kier molecular flexibility index (Phi) is 5.73. The lowest BCUT2D eigenvalue weighted by Crippen LogP contribution is -2.68. The van der Waals surface area contributed by atoms with E-state index in [1.54, 1.807) is 0 Å². The van der Waals surface area contributed by atoms with Gasteiger partial charge in [0.05, 0.1) is 24.2 Å². The molecule has 5 aliphatic rings. The summed E-state index contributed by atoms with van der Waals surface area (Å²) in [5, 5.41) is 42.9. The number of hydrogen-bond donors (Lipinski definition) is 4. The van der Waals surface area contributed by atoms with Crippen molar-refractivity contribution in [1.29, 1.82) is 0 Å². The molecule has 12 atom stereocenters. The molecule has 35 heavy (non-hydrogen) atoms. The highest BCUT2D eigenvalue weighted by atomic mass is 16.4. The summed E-state index contributed by atoms with van der Waals surface area (Å²) in [6, 6.07) is 0. The Morgan fingerprint density at radius 2 is 1.69 bits per heavy atom. The van der Waals surface area contributed by atoms with E-state index in [4.69, 9.17) is 0 Å². The Morgan fingerprint density at radius 3 is 2.31 bits per heavy atom. The molecule has 4 N–H and O–H groups in total. The fraction of sp³-hybridized carbons (Fsp3) is 0.900. The van der Waals surface area contributed by atoms with Crippen LogP contribution in [0.4, 0.5) is 0 Å². The largest absolute Gasteiger partial charge is 0.481 e. The van der Waals surface area contributed by atoms with E-state index in [-0.39, 0.29) is 34.7 Å². The number of carboxylic acids is 1. The molecule has 0 amide bonds. The first-order valence-corrected chi connectivity index (χ1v) is 14.1. The molecule has 5 nitrogen and oxygen atoms in total. The minimum atomic E-state index is -0.907. The summed E-state index contributed by atoms with van der Waals surface area (Å²) in [6.07, 6.45) is 7.51. The highest BCUT2D eigenvalue weighted by Crippen LogP contribution is 2.75. The van der Waals surface area contributed by atoms with Crippen LogP contribution >= 0.6 is 0 Å². The van der Waals surface area contributed by atoms with Crippen molar-refractivity contribution in [2.75, 3.05) is 6.61 Å². The number of aliphatic carboxylic acids is 1. The molecule has 0 radical (unpaired) electrons. The van der Waals surface area contributed by atoms with Crippen LogP contribution in [-0.2, 0) is 4.79 Å². The van der Waals surface area contributed by atoms with Gasteiger partial charge in [-0.2, -0.15) is 0 Å². The third-order valence-corrected chi connectivity index (χ3v) is 13.5. The van der Waals surface area contributed by atoms with Gasteiger partial charge in [0.1, 0.15) is 0 Å². The first kappa shape index (κ1) is 25.7. The van der Waals surface area contributed by atoms with Crippen LogP contribution in [-0.4, -0.2) is 45.2 Å². The molecule has 0 spiro atoms. The fourth-order valence-corrected chi connectivity index (χ4v) is 11.0. The maximum Gasteiger partial charge on any atom is 0.310 e. The molecule has 0 bridgehead atoms. The number of hydrogen-bond acceptors (Lipinski definition) is 4. The van der Waals surface area contributed by atoms with E-state index in [1.807, 2.05) is 6.92 Å². The number of aliphatic hydroxyl groups excluding tert-OH is 3. The number of aliphatic hydroxyl groups is 3. The molecule has 0 aromatic carbocycles. The van der Waals surface area contributed by atoms with E-state index in [2.05, 4.69) is 40.7 Å². The van der Waals surface area contributed by atoms with Gasteiger partial charge < -0.3 is 20.4 Å². The Balaban J connectivity index is 1.62. The molecular weight excluding hydrogens is 440 g/mol. The standard InChI is InChI=1S/C30H48O5/c1-17-9-12-30(25(34)35)14-13-28(5)19(23(30)18(17)2)7-8-22-26(3)15-20(32)24(33)27(4,16-31)21(26)10-11-29(22,28)6/h7,17-18,20-24,31-33H,8-16H2,1-6H3,(H,34,35)/t17-,18+,20+,21-,22-,23+,24+,26+,27-,28-,29-,30+/m1/s1. The average Bonchev–Trinajstić information content (AvgIpc) is 2.80. The summed E-state index contributed by atoms with van der Waals surface area (Å²) in [5.41, 5.74) is -0.214. The Labute approximate surface area is 211 Å². The SMILES string of the molecule is C[C@H]1[C@H](C)CC[C@]2(C(=O)O)CC[C@]3(C)C(=CC[C@@H]4[C@@]5(C)C[C@H](O)[C@H](O)[C@](C)(CO)[C@@H]5CC[C@]43C)[C@H]12. The Morgan fingerprint density at radius 1 is 1.00 bits per heavy atom. The zero-order chi connectivity index (χ0) is 25.8. The summed E-state index contributed by atoms with van der Waals surface area (Å²) < 4.78 is 0. The molecule has 198 valence electrons. The van der Waals surface area contributed by atoms with Gasteiger partial charge in [-0.15, -0.1) is 0 Å². The van der Waals surface area contributed by atoms with Crippen molar-refractivity contribution in [3.05, 3.63) is 11.6 Å². The van der Waals surface area contributed by atoms with Gasteiger partial charge in [-0.1, -0.05) is 53.2 Å². The molecular formula is C30H48O5. The molecule has 4 saturated carbocycles. The zero-order valence-corrected chi connectivity index (χ0v) is 22.7. The predicted octanol–water partition coefficient (Wildman–Crippen LogP) is 5.03. The highest BCUT2D eigenvalue weighted by Gasteiger charge is 2.70. The summed E-state index contributed by atoms with van der Waals surface area (Å²) in [4.78, 5) is 12.8. The van der Waals surface area contributed by atoms with E-state index in [1.165, 1.54) is 5.57 Å². The number of carboxylic acid groups (broad SMARTS) is 1. The van der Waals surface area contributed by atoms with Crippen molar-refractivity contribution < 1.29 is 25.2 Å². The van der Waals surface area contributed by atoms with Gasteiger partial charge in [0.25, 0.3) is 0 Å². The van der Waals surface area contributed by atoms with Crippen molar-refractivity contribution in [1.82, 2.24) is 0 Å². The lowest BCUT2D eigenvalue weighted by atomic mass is 9.33. The summed E-state index contributed by atoms with van der Waals surface area (Å²) in [6.45, 7) is 13.6. The van der Waals surface area contributed by atoms with Gasteiger partial charge in [-0.25, -0.2) is 0 Å². The van der Waals surface area contributed by atoms with Gasteiger partial charge in [0.2, 0.25) is 0 Å². The second-order valence-electron chi connectivity index (χ2n) is 14.5. The molecule has 0 aromatic rings. The maximum atomic E-state index is 12.8. The third-order valence-electron chi connectivity index (χ3n) is 13.5. The van der Waals surface area contributed by atoms with Crippen molar-refractivity contribution in [2.45, 2.75) is 105 Å². The first-order chi connectivity index (χ1) is 16.2. The van der Waals surface area contributed by atoms with E-state index in [0.717, 1.165) is 44.9 Å². The normalized spacial score (nSPS) is 57.7. The van der Waals surface area contributed by atoms with E-state index in [0.29, 0.717) is 24.2 Å². The van der Waals surface area contributed by atoms with E-state index >= 15 is 0 Å². The topological polar surface area (TPSA) is 98.0 Å². The average molecular weight is 489 g/mol. The van der Waals surface area contributed by atoms with Crippen molar-refractivity contribution in [3.8, 4) is 0 Å². The second-order valence-corrected chi connectivity index (χ2v) is 14.5. The van der Waals surface area contributed by atoms with Crippen LogP contribution in [0.15, 0.2) is 11.6 Å². The minimum Gasteiger partial charge on any atom is -0.481 e. The molecule has 4 fully saturated rings. The smallest absolute Gasteiger partial charge is 0.310 e. The molecule has 5 heteroatoms. The first-order valence-electron chi connectivity index (χ1n) is 14.1. The number of fused-ring (bicyclic) bond motifs is 7. The van der Waals surface area contributed by atoms with Gasteiger partial charge in [-0.3, -0.25) is 4.79 Å². The number of allylic oxidation sites excluding steroid dienone is 2. The van der Waals surface area contributed by atoms with Gasteiger partial charge in [-0.05, 0) is 97.2 Å². The van der Waals surface area contributed by atoms with E-state index in [9.17, 15) is 25.2 Å². The lowest BCUT2D eigenvalue weighted by molar-refractivity contribution is -0.244. The summed E-state index contributed by atoms with van der Waals surface area (Å²) >= 11 is 0. The van der Waals surface area contributed by atoms with E-state index < -0.39 is 29.0 Å². The lowest BCUT2D eigenvalue weighted by Gasteiger charge is -2.71. The van der Waals surface area contributed by atoms with Gasteiger partial charge in [0.15, 0.2) is 0 Å². The summed E-state index contributed by atoms with van der Waals surface area (Å²) in [7, 11) is 0. The van der Waals surface area contributed by atoms with Crippen LogP contribution in [0.3, 0.4) is 0 Å². The predicted molar refractivity (Wildman–Crippen MR) is 135 cm³/mol. The van der Waals surface area contributed by atoms with Crippen molar-refractivity contribution in [2.24, 2.45) is 56.7 Å². The monoisotopic (exact) mass is 488 g/mol. The molecule has 0 aliphatic heterocycles. The van der Waals surface area contributed by atoms with Gasteiger partial charge >= 0.3 is 5.97 Å². The van der Waals surface area contributed by atoms with Gasteiger partial charge in [0, 0.05) is 5.41 Å². The number of rotatable bonds is 2. The fourth-order valence-electron chi connectivity index (χ4n) is 11.0. The van der Waals surface area contributed by atoms with Crippen LogP contribution < -0.4 is 0 Å². The Hall–Kier alpha value is -0.910. The molecule has 5 rings (SSSR count). The quantitative estimate of drug-likeness (QED) is 0.409. The molecule has 0 saturated heterocycles. The second kappa shape index (κ2) is 7.80. The maximum absolute atomic E-state index is 12.8. The highest BCUT2D eigenvalue weighted by molar-refractivity contribution is 5.76. The molecule has 5 aliphatic carbocycles. The molecule has 0 aromatic heterocycles. The van der Waals surface area contributed by atoms with Crippen LogP contribution in [0.2, 0.25) is 0 Å². The number of carbonyl (C=O) groups is 1. The molecule has 0 heterocycles. The Bertz CT molecular complexity index is 930.